The lowest BCUT2D eigenvalue weighted by atomic mass is 10.0. The Kier molecular flexibility index (Phi) is 4.90. The van der Waals surface area contributed by atoms with Crippen LogP contribution in [-0.4, -0.2) is 48.4 Å². The van der Waals surface area contributed by atoms with E-state index in [0.29, 0.717) is 0 Å². The van der Waals surface area contributed by atoms with Gasteiger partial charge in [-0.1, -0.05) is 31.2 Å². The Morgan fingerprint density at radius 3 is 2.55 bits per heavy atom. The molecule has 1 aliphatic heterocycles. The fraction of sp³-hybridized carbons (Fsp3) is 0.389. The van der Waals surface area contributed by atoms with E-state index in [1.54, 1.807) is 11.3 Å². The Morgan fingerprint density at radius 2 is 1.86 bits per heavy atom. The summed E-state index contributed by atoms with van der Waals surface area (Å²) < 4.78 is 0. The van der Waals surface area contributed by atoms with Gasteiger partial charge in [-0.15, -0.1) is 11.3 Å². The predicted molar refractivity (Wildman–Crippen MR) is 91.6 cm³/mol. The number of piperazine rings is 1. The van der Waals surface area contributed by atoms with Crippen LogP contribution in [0.3, 0.4) is 0 Å². The molecule has 2 aromatic rings. The minimum Gasteiger partial charge on any atom is -0.336 e. The molecule has 0 radical (unpaired) electrons. The van der Waals surface area contributed by atoms with Gasteiger partial charge in [0.2, 0.25) is 0 Å². The van der Waals surface area contributed by atoms with Crippen LogP contribution in [0.1, 0.15) is 27.7 Å². The molecule has 0 aliphatic carbocycles. The normalized spacial score (nSPS) is 16.0. The molecule has 1 amide bonds. The van der Waals surface area contributed by atoms with Crippen molar-refractivity contribution in [2.45, 2.75) is 13.3 Å². The standard InChI is InChI=1S/C18H22N2OS/c1-2-19-9-11-20(12-10-19)18(21)17-8-4-3-6-15(17)14-16-7-5-13-22-16/h3-8,13H,2,9-12,14H2,1H3. The molecule has 1 saturated heterocycles. The number of likely N-dealkylation sites (N-methyl/N-ethyl adjacent to an activating group) is 1. The number of rotatable bonds is 4. The van der Waals surface area contributed by atoms with Crippen LogP contribution in [-0.2, 0) is 6.42 Å². The number of benzene rings is 1. The van der Waals surface area contributed by atoms with Crippen molar-refractivity contribution in [1.29, 1.82) is 0 Å². The van der Waals surface area contributed by atoms with Gasteiger partial charge in [0.05, 0.1) is 0 Å². The lowest BCUT2D eigenvalue weighted by Crippen LogP contribution is -2.48. The van der Waals surface area contributed by atoms with Gasteiger partial charge >= 0.3 is 0 Å². The molecule has 3 rings (SSSR count). The Labute approximate surface area is 136 Å². The fourth-order valence-electron chi connectivity index (χ4n) is 2.92. The summed E-state index contributed by atoms with van der Waals surface area (Å²) in [5.41, 5.74) is 1.99. The maximum Gasteiger partial charge on any atom is 0.254 e. The highest BCUT2D eigenvalue weighted by molar-refractivity contribution is 7.09. The van der Waals surface area contributed by atoms with Crippen LogP contribution < -0.4 is 0 Å². The molecule has 0 bridgehead atoms. The Hall–Kier alpha value is -1.65. The molecule has 1 aromatic heterocycles. The topological polar surface area (TPSA) is 23.6 Å². The van der Waals surface area contributed by atoms with E-state index in [0.717, 1.165) is 50.3 Å². The molecule has 1 aliphatic rings. The summed E-state index contributed by atoms with van der Waals surface area (Å²) in [7, 11) is 0. The van der Waals surface area contributed by atoms with Gasteiger partial charge in [0.1, 0.15) is 0 Å². The van der Waals surface area contributed by atoms with Crippen LogP contribution in [0.25, 0.3) is 0 Å². The maximum absolute atomic E-state index is 12.9. The van der Waals surface area contributed by atoms with E-state index in [1.165, 1.54) is 4.88 Å². The van der Waals surface area contributed by atoms with Crippen LogP contribution in [0.2, 0.25) is 0 Å². The number of carbonyl (C=O) groups excluding carboxylic acids is 1. The highest BCUT2D eigenvalue weighted by atomic mass is 32.1. The second kappa shape index (κ2) is 7.07. The summed E-state index contributed by atoms with van der Waals surface area (Å²) >= 11 is 1.75. The van der Waals surface area contributed by atoms with Gasteiger partial charge in [0, 0.05) is 43.0 Å². The molecule has 0 unspecified atom stereocenters. The van der Waals surface area contributed by atoms with Gasteiger partial charge in [-0.25, -0.2) is 0 Å². The Morgan fingerprint density at radius 1 is 1.09 bits per heavy atom. The van der Waals surface area contributed by atoms with Crippen molar-refractivity contribution >= 4 is 17.2 Å². The zero-order valence-electron chi connectivity index (χ0n) is 13.0. The first-order chi connectivity index (χ1) is 10.8. The SMILES string of the molecule is CCN1CCN(C(=O)c2ccccc2Cc2cccs2)CC1. The van der Waals surface area contributed by atoms with E-state index in [1.807, 2.05) is 23.1 Å². The first kappa shape index (κ1) is 15.3. The van der Waals surface area contributed by atoms with Crippen molar-refractivity contribution in [3.63, 3.8) is 0 Å². The molecule has 3 nitrogen and oxygen atoms in total. The number of nitrogens with zero attached hydrogens (tertiary/aromatic N) is 2. The van der Waals surface area contributed by atoms with Crippen LogP contribution in [0.4, 0.5) is 0 Å². The van der Waals surface area contributed by atoms with Crippen molar-refractivity contribution in [3.05, 3.63) is 57.8 Å². The summed E-state index contributed by atoms with van der Waals surface area (Å²) in [5, 5.41) is 2.09. The van der Waals surface area contributed by atoms with Crippen molar-refractivity contribution in [2.75, 3.05) is 32.7 Å². The molecule has 1 aromatic carbocycles. The van der Waals surface area contributed by atoms with Crippen molar-refractivity contribution in [3.8, 4) is 0 Å². The molecule has 0 saturated carbocycles. The van der Waals surface area contributed by atoms with Gasteiger partial charge in [-0.2, -0.15) is 0 Å². The summed E-state index contributed by atoms with van der Waals surface area (Å²) in [4.78, 5) is 18.5. The zero-order valence-corrected chi connectivity index (χ0v) is 13.8. The maximum atomic E-state index is 12.9. The largest absolute Gasteiger partial charge is 0.336 e. The van der Waals surface area contributed by atoms with E-state index in [-0.39, 0.29) is 5.91 Å². The van der Waals surface area contributed by atoms with Gasteiger partial charge in [0.15, 0.2) is 0 Å². The quantitative estimate of drug-likeness (QED) is 0.866. The monoisotopic (exact) mass is 314 g/mol. The van der Waals surface area contributed by atoms with Crippen LogP contribution in [0, 0.1) is 0 Å². The lowest BCUT2D eigenvalue weighted by molar-refractivity contribution is 0.0642. The zero-order chi connectivity index (χ0) is 15.4. The minimum absolute atomic E-state index is 0.183. The molecule has 4 heteroatoms. The van der Waals surface area contributed by atoms with E-state index in [9.17, 15) is 4.79 Å². The first-order valence-corrected chi connectivity index (χ1v) is 8.78. The molecular formula is C18H22N2OS. The number of hydrogen-bond donors (Lipinski definition) is 0. The average molecular weight is 314 g/mol. The van der Waals surface area contributed by atoms with E-state index < -0.39 is 0 Å². The lowest BCUT2D eigenvalue weighted by Gasteiger charge is -2.34. The van der Waals surface area contributed by atoms with E-state index in [4.69, 9.17) is 0 Å². The molecule has 0 N–H and O–H groups in total. The minimum atomic E-state index is 0.183. The second-order valence-corrected chi connectivity index (χ2v) is 6.67. The van der Waals surface area contributed by atoms with Gasteiger partial charge in [-0.05, 0) is 29.6 Å². The highest BCUT2D eigenvalue weighted by Gasteiger charge is 2.22. The van der Waals surface area contributed by atoms with Crippen LogP contribution in [0.5, 0.6) is 0 Å². The van der Waals surface area contributed by atoms with Crippen molar-refractivity contribution in [2.24, 2.45) is 0 Å². The first-order valence-electron chi connectivity index (χ1n) is 7.90. The average Bonchev–Trinajstić information content (AvgIpc) is 3.08. The molecule has 2 heterocycles. The van der Waals surface area contributed by atoms with Crippen molar-refractivity contribution in [1.82, 2.24) is 9.80 Å². The summed E-state index contributed by atoms with van der Waals surface area (Å²) in [6.45, 7) is 6.87. The molecule has 22 heavy (non-hydrogen) atoms. The van der Waals surface area contributed by atoms with Crippen molar-refractivity contribution < 1.29 is 4.79 Å². The van der Waals surface area contributed by atoms with Gasteiger partial charge in [0.25, 0.3) is 5.91 Å². The third kappa shape index (κ3) is 3.39. The second-order valence-electron chi connectivity index (χ2n) is 5.64. The number of thiophene rings is 1. The number of amides is 1. The predicted octanol–water partition coefficient (Wildman–Crippen LogP) is 3.12. The third-order valence-electron chi connectivity index (χ3n) is 4.30. The molecule has 116 valence electrons. The summed E-state index contributed by atoms with van der Waals surface area (Å²) in [6.07, 6.45) is 0.842. The molecular weight excluding hydrogens is 292 g/mol. The fourth-order valence-corrected chi connectivity index (χ4v) is 3.65. The number of carbonyl (C=O) groups is 1. The smallest absolute Gasteiger partial charge is 0.254 e. The highest BCUT2D eigenvalue weighted by Crippen LogP contribution is 2.20. The third-order valence-corrected chi connectivity index (χ3v) is 5.18. The van der Waals surface area contributed by atoms with Gasteiger partial charge < -0.3 is 9.80 Å². The summed E-state index contributed by atoms with van der Waals surface area (Å²) in [6, 6.07) is 12.2. The molecule has 0 atom stereocenters. The van der Waals surface area contributed by atoms with E-state index >= 15 is 0 Å². The van der Waals surface area contributed by atoms with Gasteiger partial charge in [-0.3, -0.25) is 4.79 Å². The Bertz CT molecular complexity index is 616. The number of hydrogen-bond acceptors (Lipinski definition) is 3. The van der Waals surface area contributed by atoms with Crippen LogP contribution >= 0.6 is 11.3 Å². The molecule has 1 fully saturated rings. The van der Waals surface area contributed by atoms with Crippen LogP contribution in [0.15, 0.2) is 41.8 Å². The molecule has 0 spiro atoms. The van der Waals surface area contributed by atoms with E-state index in [2.05, 4.69) is 35.4 Å². The Balaban J connectivity index is 1.75. The summed E-state index contributed by atoms with van der Waals surface area (Å²) in [5.74, 6) is 0.183.